The number of rotatable bonds is 6. The van der Waals surface area contributed by atoms with Crippen molar-refractivity contribution >= 4 is 21.5 Å². The molecule has 1 aliphatic heterocycles. The number of aryl methyl sites for hydroxylation is 3. The highest BCUT2D eigenvalue weighted by atomic mass is 32.2. The fourth-order valence-corrected chi connectivity index (χ4v) is 4.92. The molecule has 0 bridgehead atoms. The first-order valence-electron chi connectivity index (χ1n) is 9.27. The van der Waals surface area contributed by atoms with E-state index in [4.69, 9.17) is 0 Å². The number of sulfonamides is 1. The van der Waals surface area contributed by atoms with Gasteiger partial charge in [0.15, 0.2) is 0 Å². The molecule has 9 nitrogen and oxygen atoms in total. The molecule has 0 atom stereocenters. The van der Waals surface area contributed by atoms with E-state index in [1.54, 1.807) is 31.3 Å². The molecule has 1 saturated heterocycles. The molecular formula is C18H25N5O4S. The molecule has 0 amide bonds. The SMILES string of the molecule is CCc1nn(C)c(NC2CCN(S(=O)(=O)c3ccc(C)cc3)CC2)c1[N+](=O)[O-]. The average molecular weight is 407 g/mol. The van der Waals surface area contributed by atoms with E-state index in [1.165, 1.54) is 8.99 Å². The van der Waals surface area contributed by atoms with Gasteiger partial charge in [-0.05, 0) is 38.3 Å². The smallest absolute Gasteiger partial charge is 0.333 e. The topological polar surface area (TPSA) is 110 Å². The second-order valence-electron chi connectivity index (χ2n) is 7.01. The van der Waals surface area contributed by atoms with Gasteiger partial charge in [0.05, 0.1) is 9.82 Å². The minimum atomic E-state index is -3.52. The molecule has 28 heavy (non-hydrogen) atoms. The Morgan fingerprint density at radius 2 is 1.86 bits per heavy atom. The molecule has 1 aromatic heterocycles. The van der Waals surface area contributed by atoms with Crippen LogP contribution in [0.4, 0.5) is 11.5 Å². The van der Waals surface area contributed by atoms with Gasteiger partial charge in [-0.2, -0.15) is 9.40 Å². The number of benzene rings is 1. The van der Waals surface area contributed by atoms with Crippen LogP contribution in [0.25, 0.3) is 0 Å². The van der Waals surface area contributed by atoms with E-state index in [0.717, 1.165) is 5.56 Å². The van der Waals surface area contributed by atoms with E-state index in [-0.39, 0.29) is 11.7 Å². The fourth-order valence-electron chi connectivity index (χ4n) is 3.45. The van der Waals surface area contributed by atoms with Crippen molar-refractivity contribution < 1.29 is 13.3 Å². The second kappa shape index (κ2) is 7.88. The van der Waals surface area contributed by atoms with E-state index in [9.17, 15) is 18.5 Å². The maximum absolute atomic E-state index is 12.8. The zero-order valence-electron chi connectivity index (χ0n) is 16.3. The fraction of sp³-hybridized carbons (Fsp3) is 0.500. The van der Waals surface area contributed by atoms with Crippen molar-refractivity contribution in [1.82, 2.24) is 14.1 Å². The van der Waals surface area contributed by atoms with Gasteiger partial charge in [0, 0.05) is 26.2 Å². The van der Waals surface area contributed by atoms with Gasteiger partial charge < -0.3 is 5.32 Å². The summed E-state index contributed by atoms with van der Waals surface area (Å²) in [6.07, 6.45) is 1.60. The number of nitrogens with zero attached hydrogens (tertiary/aromatic N) is 4. The summed E-state index contributed by atoms with van der Waals surface area (Å²) in [4.78, 5) is 11.3. The molecule has 0 unspecified atom stereocenters. The molecule has 2 heterocycles. The third kappa shape index (κ3) is 3.88. The zero-order chi connectivity index (χ0) is 20.5. The lowest BCUT2D eigenvalue weighted by molar-refractivity contribution is -0.384. The lowest BCUT2D eigenvalue weighted by atomic mass is 10.1. The highest BCUT2D eigenvalue weighted by Gasteiger charge is 2.32. The van der Waals surface area contributed by atoms with Crippen LogP contribution in [0.2, 0.25) is 0 Å². The summed E-state index contributed by atoms with van der Waals surface area (Å²) in [6, 6.07) is 6.77. The van der Waals surface area contributed by atoms with Crippen LogP contribution < -0.4 is 5.32 Å². The van der Waals surface area contributed by atoms with Gasteiger partial charge in [0.25, 0.3) is 0 Å². The van der Waals surface area contributed by atoms with Gasteiger partial charge in [-0.25, -0.2) is 13.1 Å². The quantitative estimate of drug-likeness (QED) is 0.582. The number of nitrogens with one attached hydrogen (secondary N) is 1. The number of anilines is 1. The van der Waals surface area contributed by atoms with Gasteiger partial charge in [0.1, 0.15) is 5.69 Å². The van der Waals surface area contributed by atoms with Crippen LogP contribution >= 0.6 is 0 Å². The van der Waals surface area contributed by atoms with Crippen LogP contribution in [0.1, 0.15) is 31.0 Å². The Bertz CT molecular complexity index is 961. The van der Waals surface area contributed by atoms with E-state index < -0.39 is 14.9 Å². The number of hydrogen-bond donors (Lipinski definition) is 1. The summed E-state index contributed by atoms with van der Waals surface area (Å²) < 4.78 is 28.6. The predicted octanol–water partition coefficient (Wildman–Crippen LogP) is 2.46. The Kier molecular flexibility index (Phi) is 5.71. The summed E-state index contributed by atoms with van der Waals surface area (Å²) >= 11 is 0. The molecule has 1 fully saturated rings. The van der Waals surface area contributed by atoms with Gasteiger partial charge in [-0.15, -0.1) is 0 Å². The predicted molar refractivity (Wildman–Crippen MR) is 106 cm³/mol. The standard InChI is InChI=1S/C18H25N5O4S/c1-4-16-17(23(24)25)18(21(3)20-16)19-14-9-11-22(12-10-14)28(26,27)15-7-5-13(2)6-8-15/h5-8,14,19H,4,9-12H2,1-3H3. The Labute approximate surface area is 164 Å². The Morgan fingerprint density at radius 3 is 2.39 bits per heavy atom. The molecule has 0 spiro atoms. The van der Waals surface area contributed by atoms with Crippen molar-refractivity contribution in [3.05, 3.63) is 45.6 Å². The molecule has 0 saturated carbocycles. The molecule has 1 aromatic carbocycles. The highest BCUT2D eigenvalue weighted by Crippen LogP contribution is 2.31. The Balaban J connectivity index is 1.70. The van der Waals surface area contributed by atoms with Gasteiger partial charge in [-0.3, -0.25) is 10.1 Å². The van der Waals surface area contributed by atoms with Crippen molar-refractivity contribution in [2.24, 2.45) is 7.05 Å². The molecular weight excluding hydrogens is 382 g/mol. The largest absolute Gasteiger partial charge is 0.362 e. The lowest BCUT2D eigenvalue weighted by Gasteiger charge is -2.31. The number of hydrogen-bond acceptors (Lipinski definition) is 6. The van der Waals surface area contributed by atoms with Crippen molar-refractivity contribution in [1.29, 1.82) is 0 Å². The molecule has 1 N–H and O–H groups in total. The minimum absolute atomic E-state index is 0.000272. The number of aromatic nitrogens is 2. The monoisotopic (exact) mass is 407 g/mol. The summed E-state index contributed by atoms with van der Waals surface area (Å²) in [5, 5.41) is 18.9. The van der Waals surface area contributed by atoms with E-state index in [1.807, 2.05) is 13.8 Å². The zero-order valence-corrected chi connectivity index (χ0v) is 17.1. The normalized spacial score (nSPS) is 16.2. The van der Waals surface area contributed by atoms with E-state index >= 15 is 0 Å². The summed E-state index contributed by atoms with van der Waals surface area (Å²) in [5.41, 5.74) is 1.44. The molecule has 152 valence electrons. The first-order valence-corrected chi connectivity index (χ1v) is 10.7. The van der Waals surface area contributed by atoms with Gasteiger partial charge >= 0.3 is 5.69 Å². The maximum Gasteiger partial charge on any atom is 0.333 e. The van der Waals surface area contributed by atoms with Crippen molar-refractivity contribution in [2.75, 3.05) is 18.4 Å². The minimum Gasteiger partial charge on any atom is -0.362 e. The van der Waals surface area contributed by atoms with E-state index in [2.05, 4.69) is 10.4 Å². The van der Waals surface area contributed by atoms with Crippen LogP contribution in [0.3, 0.4) is 0 Å². The number of nitro groups is 1. The van der Waals surface area contributed by atoms with Crippen LogP contribution in [0, 0.1) is 17.0 Å². The third-order valence-corrected chi connectivity index (χ3v) is 6.98. The second-order valence-corrected chi connectivity index (χ2v) is 8.95. The van der Waals surface area contributed by atoms with Crippen molar-refractivity contribution in [3.63, 3.8) is 0 Å². The molecule has 2 aromatic rings. The summed E-state index contributed by atoms with van der Waals surface area (Å²) in [7, 11) is -1.85. The summed E-state index contributed by atoms with van der Waals surface area (Å²) in [6.45, 7) is 4.46. The average Bonchev–Trinajstić information content (AvgIpc) is 2.98. The molecule has 1 aliphatic rings. The van der Waals surface area contributed by atoms with E-state index in [0.29, 0.717) is 48.8 Å². The van der Waals surface area contributed by atoms with Gasteiger partial charge in [-0.1, -0.05) is 24.6 Å². The maximum atomic E-state index is 12.8. The summed E-state index contributed by atoms with van der Waals surface area (Å²) in [5.74, 6) is 0.377. The van der Waals surface area contributed by atoms with Crippen LogP contribution in [-0.4, -0.2) is 46.6 Å². The Hall–Kier alpha value is -2.46. The first kappa shape index (κ1) is 20.3. The van der Waals surface area contributed by atoms with Crippen LogP contribution in [-0.2, 0) is 23.5 Å². The number of piperidine rings is 1. The first-order chi connectivity index (χ1) is 13.2. The highest BCUT2D eigenvalue weighted by molar-refractivity contribution is 7.89. The Morgan fingerprint density at radius 1 is 1.25 bits per heavy atom. The van der Waals surface area contributed by atoms with Gasteiger partial charge in [0.2, 0.25) is 15.8 Å². The molecule has 10 heteroatoms. The molecule has 3 rings (SSSR count). The van der Waals surface area contributed by atoms with Crippen LogP contribution in [0.5, 0.6) is 0 Å². The van der Waals surface area contributed by atoms with Crippen LogP contribution in [0.15, 0.2) is 29.2 Å². The lowest BCUT2D eigenvalue weighted by Crippen LogP contribution is -2.42. The molecule has 0 radical (unpaired) electrons. The molecule has 0 aliphatic carbocycles. The van der Waals surface area contributed by atoms with Crippen molar-refractivity contribution in [3.8, 4) is 0 Å². The third-order valence-electron chi connectivity index (χ3n) is 5.06. The van der Waals surface area contributed by atoms with Crippen molar-refractivity contribution in [2.45, 2.75) is 44.0 Å².